The maximum absolute atomic E-state index is 9.56. The van der Waals surface area contributed by atoms with Gasteiger partial charge in [0.2, 0.25) is 0 Å². The van der Waals surface area contributed by atoms with E-state index in [4.69, 9.17) is 9.47 Å². The highest BCUT2D eigenvalue weighted by molar-refractivity contribution is 5.42. The van der Waals surface area contributed by atoms with E-state index in [1.807, 2.05) is 25.1 Å². The number of hydrogen-bond acceptors (Lipinski definition) is 3. The number of aliphatic hydroxyl groups is 1. The fourth-order valence-corrected chi connectivity index (χ4v) is 1.46. The molecule has 0 aliphatic rings. The number of methoxy groups -OCH3 is 2. The Morgan fingerprint density at radius 1 is 1.13 bits per heavy atom. The standard InChI is InChI=1S/C12H18O3/c1-8(9(2)13)11-7-10(14-3)5-6-12(11)15-4/h5-9,13H,1-4H3. The molecule has 0 radical (unpaired) electrons. The van der Waals surface area contributed by atoms with Crippen molar-refractivity contribution < 1.29 is 14.6 Å². The summed E-state index contributed by atoms with van der Waals surface area (Å²) in [4.78, 5) is 0. The fraction of sp³-hybridized carbons (Fsp3) is 0.500. The number of aliphatic hydroxyl groups excluding tert-OH is 1. The lowest BCUT2D eigenvalue weighted by Crippen LogP contribution is -2.12. The van der Waals surface area contributed by atoms with Gasteiger partial charge in [0.1, 0.15) is 11.5 Å². The summed E-state index contributed by atoms with van der Waals surface area (Å²) in [6.45, 7) is 3.73. The predicted molar refractivity (Wildman–Crippen MR) is 59.6 cm³/mol. The smallest absolute Gasteiger partial charge is 0.122 e. The second-order valence-electron chi connectivity index (χ2n) is 3.64. The predicted octanol–water partition coefficient (Wildman–Crippen LogP) is 2.19. The molecule has 2 atom stereocenters. The number of ether oxygens (including phenoxy) is 2. The van der Waals surface area contributed by atoms with Crippen molar-refractivity contribution in [2.75, 3.05) is 14.2 Å². The van der Waals surface area contributed by atoms with E-state index in [1.165, 1.54) is 0 Å². The van der Waals surface area contributed by atoms with Gasteiger partial charge >= 0.3 is 0 Å². The Morgan fingerprint density at radius 3 is 2.27 bits per heavy atom. The van der Waals surface area contributed by atoms with Crippen LogP contribution in [0.2, 0.25) is 0 Å². The van der Waals surface area contributed by atoms with Gasteiger partial charge in [0, 0.05) is 11.5 Å². The molecule has 0 saturated carbocycles. The summed E-state index contributed by atoms with van der Waals surface area (Å²) >= 11 is 0. The highest BCUT2D eigenvalue weighted by Crippen LogP contribution is 2.31. The fourth-order valence-electron chi connectivity index (χ4n) is 1.46. The summed E-state index contributed by atoms with van der Waals surface area (Å²) in [7, 11) is 3.25. The molecule has 1 rings (SSSR count). The van der Waals surface area contributed by atoms with Crippen molar-refractivity contribution in [1.82, 2.24) is 0 Å². The van der Waals surface area contributed by atoms with Crippen molar-refractivity contribution >= 4 is 0 Å². The third-order valence-corrected chi connectivity index (χ3v) is 2.65. The normalized spacial score (nSPS) is 14.5. The first kappa shape index (κ1) is 11.9. The number of rotatable bonds is 4. The highest BCUT2D eigenvalue weighted by Gasteiger charge is 2.16. The summed E-state index contributed by atoms with van der Waals surface area (Å²) in [5.74, 6) is 1.58. The van der Waals surface area contributed by atoms with E-state index in [0.29, 0.717) is 0 Å². The molecule has 84 valence electrons. The number of hydrogen-bond donors (Lipinski definition) is 1. The topological polar surface area (TPSA) is 38.7 Å². The van der Waals surface area contributed by atoms with E-state index in [0.717, 1.165) is 17.1 Å². The molecule has 1 N–H and O–H groups in total. The van der Waals surface area contributed by atoms with Crippen LogP contribution in [0, 0.1) is 0 Å². The molecule has 0 heterocycles. The summed E-state index contributed by atoms with van der Waals surface area (Å²) in [6, 6.07) is 5.60. The molecule has 0 bridgehead atoms. The van der Waals surface area contributed by atoms with Crippen LogP contribution in [0.1, 0.15) is 25.3 Å². The van der Waals surface area contributed by atoms with E-state index in [9.17, 15) is 5.11 Å². The minimum absolute atomic E-state index is 0.0232. The molecule has 0 aliphatic heterocycles. The zero-order valence-electron chi connectivity index (χ0n) is 9.65. The molecule has 0 fully saturated rings. The molecule has 3 nitrogen and oxygen atoms in total. The molecule has 0 aromatic heterocycles. The molecule has 3 heteroatoms. The van der Waals surface area contributed by atoms with E-state index in [-0.39, 0.29) is 5.92 Å². The summed E-state index contributed by atoms with van der Waals surface area (Å²) in [6.07, 6.45) is -0.411. The lowest BCUT2D eigenvalue weighted by atomic mass is 9.95. The largest absolute Gasteiger partial charge is 0.497 e. The molecule has 0 aliphatic carbocycles. The maximum Gasteiger partial charge on any atom is 0.122 e. The Kier molecular flexibility index (Phi) is 3.97. The van der Waals surface area contributed by atoms with E-state index in [1.54, 1.807) is 21.1 Å². The van der Waals surface area contributed by atoms with Crippen LogP contribution in [-0.4, -0.2) is 25.4 Å². The van der Waals surface area contributed by atoms with Gasteiger partial charge in [-0.2, -0.15) is 0 Å². The number of benzene rings is 1. The Labute approximate surface area is 90.6 Å². The molecule has 0 amide bonds. The van der Waals surface area contributed by atoms with Crippen LogP contribution in [0.15, 0.2) is 18.2 Å². The summed E-state index contributed by atoms with van der Waals surface area (Å²) in [5.41, 5.74) is 0.965. The van der Waals surface area contributed by atoms with Crippen molar-refractivity contribution in [3.05, 3.63) is 23.8 Å². The Morgan fingerprint density at radius 2 is 1.80 bits per heavy atom. The van der Waals surface area contributed by atoms with Gasteiger partial charge in [0.05, 0.1) is 20.3 Å². The molecule has 1 aromatic carbocycles. The minimum atomic E-state index is -0.411. The zero-order valence-corrected chi connectivity index (χ0v) is 9.65. The molecule has 0 spiro atoms. The SMILES string of the molecule is COc1ccc(OC)c(C(C)C(C)O)c1. The molecular formula is C12H18O3. The first-order valence-electron chi connectivity index (χ1n) is 5.00. The van der Waals surface area contributed by atoms with Gasteiger partial charge in [-0.25, -0.2) is 0 Å². The zero-order chi connectivity index (χ0) is 11.4. The Hall–Kier alpha value is -1.22. The van der Waals surface area contributed by atoms with Crippen molar-refractivity contribution in [3.8, 4) is 11.5 Å². The van der Waals surface area contributed by atoms with Gasteiger partial charge in [0.25, 0.3) is 0 Å². The Bertz CT molecular complexity index is 321. The van der Waals surface area contributed by atoms with Crippen LogP contribution in [0.4, 0.5) is 0 Å². The van der Waals surface area contributed by atoms with Gasteiger partial charge < -0.3 is 14.6 Å². The average Bonchev–Trinajstić information content (AvgIpc) is 2.27. The van der Waals surface area contributed by atoms with Crippen molar-refractivity contribution in [2.24, 2.45) is 0 Å². The van der Waals surface area contributed by atoms with Gasteiger partial charge in [-0.1, -0.05) is 6.92 Å². The van der Waals surface area contributed by atoms with Crippen LogP contribution in [0.25, 0.3) is 0 Å². The van der Waals surface area contributed by atoms with E-state index >= 15 is 0 Å². The lowest BCUT2D eigenvalue weighted by molar-refractivity contribution is 0.167. The molecule has 0 saturated heterocycles. The van der Waals surface area contributed by atoms with Crippen LogP contribution in [0.3, 0.4) is 0 Å². The van der Waals surface area contributed by atoms with Gasteiger partial charge in [-0.3, -0.25) is 0 Å². The third-order valence-electron chi connectivity index (χ3n) is 2.65. The molecule has 1 aromatic rings. The monoisotopic (exact) mass is 210 g/mol. The first-order chi connectivity index (χ1) is 7.10. The van der Waals surface area contributed by atoms with Crippen LogP contribution >= 0.6 is 0 Å². The van der Waals surface area contributed by atoms with E-state index in [2.05, 4.69) is 0 Å². The first-order valence-corrected chi connectivity index (χ1v) is 5.00. The van der Waals surface area contributed by atoms with Crippen molar-refractivity contribution in [2.45, 2.75) is 25.9 Å². The second kappa shape index (κ2) is 5.03. The van der Waals surface area contributed by atoms with Crippen LogP contribution in [0.5, 0.6) is 11.5 Å². The third kappa shape index (κ3) is 2.63. The van der Waals surface area contributed by atoms with Gasteiger partial charge in [0.15, 0.2) is 0 Å². The van der Waals surface area contributed by atoms with Crippen molar-refractivity contribution in [1.29, 1.82) is 0 Å². The van der Waals surface area contributed by atoms with Gasteiger partial charge in [-0.15, -0.1) is 0 Å². The molecule has 2 unspecified atom stereocenters. The summed E-state index contributed by atoms with van der Waals surface area (Å²) in [5, 5.41) is 9.56. The van der Waals surface area contributed by atoms with E-state index < -0.39 is 6.10 Å². The quantitative estimate of drug-likeness (QED) is 0.828. The maximum atomic E-state index is 9.56. The Balaban J connectivity index is 3.11. The summed E-state index contributed by atoms with van der Waals surface area (Å²) < 4.78 is 10.4. The molecule has 15 heavy (non-hydrogen) atoms. The van der Waals surface area contributed by atoms with Crippen LogP contribution < -0.4 is 9.47 Å². The average molecular weight is 210 g/mol. The van der Waals surface area contributed by atoms with Gasteiger partial charge in [-0.05, 0) is 25.1 Å². The van der Waals surface area contributed by atoms with Crippen LogP contribution in [-0.2, 0) is 0 Å². The minimum Gasteiger partial charge on any atom is -0.497 e. The molecular weight excluding hydrogens is 192 g/mol. The van der Waals surface area contributed by atoms with Crippen molar-refractivity contribution in [3.63, 3.8) is 0 Å². The highest BCUT2D eigenvalue weighted by atomic mass is 16.5. The lowest BCUT2D eigenvalue weighted by Gasteiger charge is -2.18. The second-order valence-corrected chi connectivity index (χ2v) is 3.64.